The van der Waals surface area contributed by atoms with Crippen molar-refractivity contribution in [2.45, 2.75) is 30.3 Å². The van der Waals surface area contributed by atoms with Gasteiger partial charge in [-0.05, 0) is 31.0 Å². The lowest BCUT2D eigenvalue weighted by Crippen LogP contribution is -2.55. The number of benzene rings is 1. The number of halogens is 1. The lowest BCUT2D eigenvalue weighted by molar-refractivity contribution is -0.137. The monoisotopic (exact) mass is 342 g/mol. The van der Waals surface area contributed by atoms with Gasteiger partial charge in [-0.2, -0.15) is 4.31 Å². The summed E-state index contributed by atoms with van der Waals surface area (Å²) in [5.74, 6) is -2.54. The second kappa shape index (κ2) is 5.57. The number of amides is 1. The standard InChI is InChI=1S/C14H15FN2O5S/c15-10-8-9(14(19)20)3-4-11(10)23(21,22)17-7-5-13(18)16-6-1-2-12(16)17/h3-4,8,12H,1-2,5-7H2,(H,19,20). The molecule has 0 aliphatic carbocycles. The van der Waals surface area contributed by atoms with Crippen LogP contribution in [0.4, 0.5) is 4.39 Å². The molecule has 1 aromatic rings. The zero-order valence-electron chi connectivity index (χ0n) is 12.1. The van der Waals surface area contributed by atoms with Crippen molar-refractivity contribution in [2.24, 2.45) is 0 Å². The van der Waals surface area contributed by atoms with E-state index < -0.39 is 32.9 Å². The Bertz CT molecular complexity index is 779. The molecule has 0 saturated carbocycles. The van der Waals surface area contributed by atoms with Gasteiger partial charge < -0.3 is 10.0 Å². The van der Waals surface area contributed by atoms with Gasteiger partial charge in [0, 0.05) is 19.5 Å². The van der Waals surface area contributed by atoms with Crippen molar-refractivity contribution in [2.75, 3.05) is 13.1 Å². The number of rotatable bonds is 3. The summed E-state index contributed by atoms with van der Waals surface area (Å²) in [5, 5.41) is 8.83. The first-order valence-corrected chi connectivity index (χ1v) is 8.60. The molecule has 1 unspecified atom stereocenters. The molecule has 1 N–H and O–H groups in total. The van der Waals surface area contributed by atoms with Crippen LogP contribution >= 0.6 is 0 Å². The Kier molecular flexibility index (Phi) is 3.85. The smallest absolute Gasteiger partial charge is 0.335 e. The highest BCUT2D eigenvalue weighted by Crippen LogP contribution is 2.31. The summed E-state index contributed by atoms with van der Waals surface area (Å²) in [6, 6.07) is 2.71. The predicted molar refractivity (Wildman–Crippen MR) is 76.6 cm³/mol. The molecular weight excluding hydrogens is 327 g/mol. The molecule has 0 spiro atoms. The Labute approximate surface area is 132 Å². The van der Waals surface area contributed by atoms with Crippen LogP contribution in [0.25, 0.3) is 0 Å². The van der Waals surface area contributed by atoms with Gasteiger partial charge in [0.05, 0.1) is 11.7 Å². The van der Waals surface area contributed by atoms with Crippen molar-refractivity contribution in [1.29, 1.82) is 0 Å². The molecule has 2 saturated heterocycles. The average Bonchev–Trinajstić information content (AvgIpc) is 2.97. The number of carboxylic acid groups (broad SMARTS) is 1. The zero-order valence-corrected chi connectivity index (χ0v) is 12.9. The van der Waals surface area contributed by atoms with Crippen LogP contribution in [0.2, 0.25) is 0 Å². The fourth-order valence-electron chi connectivity index (χ4n) is 3.09. The Morgan fingerprint density at radius 1 is 1.30 bits per heavy atom. The fraction of sp³-hybridized carbons (Fsp3) is 0.429. The van der Waals surface area contributed by atoms with Crippen LogP contribution in [-0.2, 0) is 14.8 Å². The number of fused-ring (bicyclic) bond motifs is 1. The molecule has 7 nitrogen and oxygen atoms in total. The van der Waals surface area contributed by atoms with Crippen molar-refractivity contribution < 1.29 is 27.5 Å². The maximum absolute atomic E-state index is 14.1. The maximum atomic E-state index is 14.1. The van der Waals surface area contributed by atoms with Crippen LogP contribution in [0.5, 0.6) is 0 Å². The van der Waals surface area contributed by atoms with E-state index in [1.165, 1.54) is 4.90 Å². The predicted octanol–water partition coefficient (Wildman–Crippen LogP) is 0.867. The van der Waals surface area contributed by atoms with E-state index in [2.05, 4.69) is 0 Å². The van der Waals surface area contributed by atoms with E-state index in [-0.39, 0.29) is 24.4 Å². The van der Waals surface area contributed by atoms with Crippen LogP contribution in [0.3, 0.4) is 0 Å². The van der Waals surface area contributed by atoms with Crippen LogP contribution < -0.4 is 0 Å². The van der Waals surface area contributed by atoms with Gasteiger partial charge in [-0.15, -0.1) is 0 Å². The molecular formula is C14H15FN2O5S. The quantitative estimate of drug-likeness (QED) is 0.879. The minimum absolute atomic E-state index is 0.00244. The van der Waals surface area contributed by atoms with Crippen molar-refractivity contribution in [3.05, 3.63) is 29.6 Å². The van der Waals surface area contributed by atoms with E-state index in [0.29, 0.717) is 25.5 Å². The number of carbonyl (C=O) groups excluding carboxylic acids is 1. The topological polar surface area (TPSA) is 95.0 Å². The lowest BCUT2D eigenvalue weighted by atomic mass is 10.2. The lowest BCUT2D eigenvalue weighted by Gasteiger charge is -2.38. The second-order valence-electron chi connectivity index (χ2n) is 5.53. The highest BCUT2D eigenvalue weighted by molar-refractivity contribution is 7.89. The van der Waals surface area contributed by atoms with Crippen molar-refractivity contribution >= 4 is 21.9 Å². The maximum Gasteiger partial charge on any atom is 0.335 e. The average molecular weight is 342 g/mol. The molecule has 0 radical (unpaired) electrons. The minimum Gasteiger partial charge on any atom is -0.478 e. The highest BCUT2D eigenvalue weighted by atomic mass is 32.2. The molecule has 1 atom stereocenters. The van der Waals surface area contributed by atoms with E-state index >= 15 is 0 Å². The molecule has 0 aromatic heterocycles. The molecule has 2 aliphatic rings. The van der Waals surface area contributed by atoms with E-state index in [1.807, 2.05) is 0 Å². The van der Waals surface area contributed by atoms with Crippen LogP contribution in [-0.4, -0.2) is 53.9 Å². The Balaban J connectivity index is 1.98. The summed E-state index contributed by atoms with van der Waals surface area (Å²) in [4.78, 5) is 23.6. The number of aromatic carboxylic acids is 1. The fourth-order valence-corrected chi connectivity index (χ4v) is 4.76. The number of hydrogen-bond donors (Lipinski definition) is 1. The summed E-state index contributed by atoms with van der Waals surface area (Å²) in [6.45, 7) is 0.498. The summed E-state index contributed by atoms with van der Waals surface area (Å²) in [6.07, 6.45) is 0.688. The van der Waals surface area contributed by atoms with Gasteiger partial charge in [0.2, 0.25) is 15.9 Å². The summed E-state index contributed by atoms with van der Waals surface area (Å²) in [5.41, 5.74) is -0.322. The van der Waals surface area contributed by atoms with Gasteiger partial charge in [-0.3, -0.25) is 4.79 Å². The van der Waals surface area contributed by atoms with Gasteiger partial charge in [-0.25, -0.2) is 17.6 Å². The third-order valence-corrected chi connectivity index (χ3v) is 6.12. The van der Waals surface area contributed by atoms with Crippen LogP contribution in [0.1, 0.15) is 29.6 Å². The normalized spacial score (nSPS) is 22.2. The molecule has 23 heavy (non-hydrogen) atoms. The van der Waals surface area contributed by atoms with Crippen molar-refractivity contribution in [3.8, 4) is 0 Å². The van der Waals surface area contributed by atoms with E-state index in [9.17, 15) is 22.4 Å². The molecule has 2 aliphatic heterocycles. The van der Waals surface area contributed by atoms with Crippen molar-refractivity contribution in [3.63, 3.8) is 0 Å². The van der Waals surface area contributed by atoms with Crippen molar-refractivity contribution in [1.82, 2.24) is 9.21 Å². The van der Waals surface area contributed by atoms with Crippen LogP contribution in [0.15, 0.2) is 23.1 Å². The third-order valence-electron chi connectivity index (χ3n) is 4.19. The molecule has 1 amide bonds. The summed E-state index contributed by atoms with van der Waals surface area (Å²) in [7, 11) is -4.14. The first-order valence-electron chi connectivity index (χ1n) is 7.16. The highest BCUT2D eigenvalue weighted by Gasteiger charge is 2.43. The van der Waals surface area contributed by atoms with E-state index in [0.717, 1.165) is 16.4 Å². The molecule has 9 heteroatoms. The molecule has 1 aromatic carbocycles. The Morgan fingerprint density at radius 2 is 2.04 bits per heavy atom. The van der Waals surface area contributed by atoms with Gasteiger partial charge in [-0.1, -0.05) is 0 Å². The van der Waals surface area contributed by atoms with Crippen LogP contribution in [0, 0.1) is 5.82 Å². The van der Waals surface area contributed by atoms with E-state index in [1.54, 1.807) is 0 Å². The minimum atomic E-state index is -4.14. The number of carbonyl (C=O) groups is 2. The molecule has 2 heterocycles. The first-order chi connectivity index (χ1) is 10.8. The van der Waals surface area contributed by atoms with Gasteiger partial charge in [0.25, 0.3) is 0 Å². The molecule has 3 rings (SSSR count). The van der Waals surface area contributed by atoms with Gasteiger partial charge in [0.15, 0.2) is 0 Å². The third kappa shape index (κ3) is 2.59. The molecule has 2 fully saturated rings. The first kappa shape index (κ1) is 15.9. The summed E-state index contributed by atoms with van der Waals surface area (Å²) >= 11 is 0. The van der Waals surface area contributed by atoms with Gasteiger partial charge >= 0.3 is 5.97 Å². The molecule has 0 bridgehead atoms. The number of nitrogens with zero attached hydrogens (tertiary/aromatic N) is 2. The number of hydrogen-bond acceptors (Lipinski definition) is 4. The Hall–Kier alpha value is -2.00. The largest absolute Gasteiger partial charge is 0.478 e. The number of sulfonamides is 1. The van der Waals surface area contributed by atoms with Gasteiger partial charge in [0.1, 0.15) is 10.7 Å². The summed E-state index contributed by atoms with van der Waals surface area (Å²) < 4.78 is 40.7. The van der Waals surface area contributed by atoms with E-state index in [4.69, 9.17) is 5.11 Å². The number of carboxylic acids is 1. The second-order valence-corrected chi connectivity index (χ2v) is 7.39. The Morgan fingerprint density at radius 3 is 2.70 bits per heavy atom. The zero-order chi connectivity index (χ0) is 16.8. The SMILES string of the molecule is O=C(O)c1ccc(S(=O)(=O)N2CCC(=O)N3CCCC32)c(F)c1. The molecule has 124 valence electrons.